The molecule has 3 aromatic carbocycles. The first-order valence-electron chi connectivity index (χ1n) is 7.34. The van der Waals surface area contributed by atoms with E-state index in [2.05, 4.69) is 99.0 Å². The van der Waals surface area contributed by atoms with Crippen molar-refractivity contribution in [1.29, 1.82) is 0 Å². The van der Waals surface area contributed by atoms with E-state index in [1.54, 1.807) is 20.4 Å². The second-order valence-corrected chi connectivity index (χ2v) is 8.93. The molecule has 0 fully saturated rings. The lowest BCUT2D eigenvalue weighted by molar-refractivity contribution is 1.42. The van der Waals surface area contributed by atoms with E-state index in [9.17, 15) is 0 Å². The second kappa shape index (κ2) is 7.80. The van der Waals surface area contributed by atoms with Gasteiger partial charge in [-0.3, -0.25) is 0 Å². The van der Waals surface area contributed by atoms with Gasteiger partial charge >= 0.3 is 0 Å². The Balaban J connectivity index is 2.10. The van der Waals surface area contributed by atoms with Gasteiger partial charge in [0.25, 0.3) is 0 Å². The summed E-state index contributed by atoms with van der Waals surface area (Å²) < 4.78 is 9.03. The zero-order valence-electron chi connectivity index (χ0n) is 12.6. The van der Waals surface area contributed by atoms with Crippen LogP contribution in [-0.2, 0) is 0 Å². The van der Waals surface area contributed by atoms with E-state index >= 15 is 0 Å². The van der Waals surface area contributed by atoms with Crippen LogP contribution in [0.1, 0.15) is 0 Å². The molecule has 124 valence electrons. The Bertz CT molecular complexity index is 1050. The quantitative estimate of drug-likeness (QED) is 0.280. The van der Waals surface area contributed by atoms with Crippen LogP contribution >= 0.6 is 61.7 Å². The van der Waals surface area contributed by atoms with Crippen molar-refractivity contribution in [3.8, 4) is 22.3 Å². The Morgan fingerprint density at radius 1 is 0.680 bits per heavy atom. The van der Waals surface area contributed by atoms with Crippen molar-refractivity contribution in [3.63, 3.8) is 0 Å². The standard InChI is InChI=1S/C18H10Br2N2S3/c19-23-15-7-3-1-5-11(15)12-9-10-14-18(22-25-21-14)17(12)13-6-2-4-8-16(13)24-20/h1-10H. The molecule has 1 heterocycles. The topological polar surface area (TPSA) is 25.8 Å². The highest BCUT2D eigenvalue weighted by Crippen LogP contribution is 2.45. The fourth-order valence-electron chi connectivity index (χ4n) is 2.85. The second-order valence-electron chi connectivity index (χ2n) is 5.27. The zero-order valence-corrected chi connectivity index (χ0v) is 18.3. The van der Waals surface area contributed by atoms with Crippen LogP contribution in [0.2, 0.25) is 0 Å². The van der Waals surface area contributed by atoms with Crippen LogP contribution in [0.4, 0.5) is 0 Å². The van der Waals surface area contributed by atoms with E-state index in [0.29, 0.717) is 0 Å². The highest BCUT2D eigenvalue weighted by atomic mass is 79.9. The summed E-state index contributed by atoms with van der Waals surface area (Å²) in [7, 11) is 3.14. The summed E-state index contributed by atoms with van der Waals surface area (Å²) in [6.07, 6.45) is 0. The number of benzene rings is 3. The summed E-state index contributed by atoms with van der Waals surface area (Å²) in [5.74, 6) is 0. The largest absolute Gasteiger partial charge is 0.173 e. The summed E-state index contributed by atoms with van der Waals surface area (Å²) in [5.41, 5.74) is 6.52. The van der Waals surface area contributed by atoms with Crippen LogP contribution < -0.4 is 0 Å². The molecule has 25 heavy (non-hydrogen) atoms. The molecule has 0 saturated heterocycles. The van der Waals surface area contributed by atoms with E-state index < -0.39 is 0 Å². The Labute approximate surface area is 173 Å². The van der Waals surface area contributed by atoms with E-state index in [1.165, 1.54) is 22.2 Å². The molecule has 0 N–H and O–H groups in total. The van der Waals surface area contributed by atoms with Gasteiger partial charge in [0.15, 0.2) is 0 Å². The van der Waals surface area contributed by atoms with Gasteiger partial charge < -0.3 is 0 Å². The minimum atomic E-state index is 0.933. The van der Waals surface area contributed by atoms with Crippen LogP contribution in [0.5, 0.6) is 0 Å². The minimum Gasteiger partial charge on any atom is -0.173 e. The molecule has 0 radical (unpaired) electrons. The third kappa shape index (κ3) is 3.28. The van der Waals surface area contributed by atoms with Crippen LogP contribution in [-0.4, -0.2) is 8.75 Å². The monoisotopic (exact) mass is 508 g/mol. The smallest absolute Gasteiger partial charge is 0.113 e. The van der Waals surface area contributed by atoms with Gasteiger partial charge in [-0.15, -0.1) is 0 Å². The van der Waals surface area contributed by atoms with Gasteiger partial charge in [0.05, 0.1) is 11.7 Å². The van der Waals surface area contributed by atoms with Gasteiger partial charge in [0.2, 0.25) is 0 Å². The summed E-state index contributed by atoms with van der Waals surface area (Å²) in [4.78, 5) is 2.34. The molecule has 1 aromatic heterocycles. The lowest BCUT2D eigenvalue weighted by atomic mass is 9.93. The molecule has 0 spiro atoms. The average Bonchev–Trinajstić information content (AvgIpc) is 3.16. The Morgan fingerprint density at radius 3 is 2.04 bits per heavy atom. The summed E-state index contributed by atoms with van der Waals surface area (Å²) in [6.45, 7) is 0. The number of nitrogens with zero attached hydrogens (tertiary/aromatic N) is 2. The fourth-order valence-corrected chi connectivity index (χ4v) is 5.86. The number of hydrogen-bond acceptors (Lipinski definition) is 5. The molecule has 0 atom stereocenters. The van der Waals surface area contributed by atoms with Crippen molar-refractivity contribution in [1.82, 2.24) is 8.75 Å². The van der Waals surface area contributed by atoms with Crippen molar-refractivity contribution >= 4 is 72.8 Å². The molecule has 7 heteroatoms. The maximum atomic E-state index is 4.60. The van der Waals surface area contributed by atoms with Crippen LogP contribution in [0.25, 0.3) is 33.3 Å². The molecule has 0 bridgehead atoms. The molecule has 0 saturated carbocycles. The first kappa shape index (κ1) is 17.5. The minimum absolute atomic E-state index is 0.933. The van der Waals surface area contributed by atoms with Crippen molar-refractivity contribution in [2.24, 2.45) is 0 Å². The predicted octanol–water partition coefficient (Wildman–Crippen LogP) is 7.83. The van der Waals surface area contributed by atoms with Crippen LogP contribution in [0.15, 0.2) is 70.5 Å². The maximum absolute atomic E-state index is 4.60. The number of halogens is 2. The molecule has 0 unspecified atom stereocenters. The Morgan fingerprint density at radius 2 is 1.32 bits per heavy atom. The van der Waals surface area contributed by atoms with E-state index in [0.717, 1.165) is 32.6 Å². The van der Waals surface area contributed by atoms with E-state index in [-0.39, 0.29) is 0 Å². The molecule has 0 aliphatic rings. The van der Waals surface area contributed by atoms with Gasteiger partial charge in [-0.25, -0.2) is 0 Å². The Kier molecular flexibility index (Phi) is 5.47. The summed E-state index contributed by atoms with van der Waals surface area (Å²) in [6, 6.07) is 21.0. The molecule has 2 nitrogen and oxygen atoms in total. The first-order chi connectivity index (χ1) is 12.3. The lowest BCUT2D eigenvalue weighted by Gasteiger charge is -2.15. The molecule has 4 rings (SSSR count). The van der Waals surface area contributed by atoms with E-state index in [1.807, 2.05) is 0 Å². The van der Waals surface area contributed by atoms with Crippen LogP contribution in [0.3, 0.4) is 0 Å². The summed E-state index contributed by atoms with van der Waals surface area (Å²) in [5, 5.41) is 0. The van der Waals surface area contributed by atoms with Gasteiger partial charge in [0, 0.05) is 15.4 Å². The lowest BCUT2D eigenvalue weighted by Crippen LogP contribution is -1.90. The van der Waals surface area contributed by atoms with E-state index in [4.69, 9.17) is 0 Å². The Hall–Kier alpha value is -0.860. The highest BCUT2D eigenvalue weighted by molar-refractivity contribution is 9.50. The SMILES string of the molecule is BrSc1ccccc1-c1ccc2nsnc2c1-c1ccccc1SBr. The third-order valence-electron chi connectivity index (χ3n) is 3.93. The fraction of sp³-hybridized carbons (Fsp3) is 0. The number of aromatic nitrogens is 2. The van der Waals surface area contributed by atoms with Crippen molar-refractivity contribution in [3.05, 3.63) is 60.7 Å². The molecule has 0 aliphatic carbocycles. The summed E-state index contributed by atoms with van der Waals surface area (Å²) >= 11 is 8.33. The molecule has 0 amide bonds. The number of hydrogen-bond donors (Lipinski definition) is 0. The van der Waals surface area contributed by atoms with Gasteiger partial charge in [0.1, 0.15) is 11.0 Å². The number of rotatable bonds is 4. The molecule has 4 aromatic rings. The predicted molar refractivity (Wildman–Crippen MR) is 118 cm³/mol. The highest BCUT2D eigenvalue weighted by Gasteiger charge is 2.18. The maximum Gasteiger partial charge on any atom is 0.113 e. The molecule has 0 aliphatic heterocycles. The number of fused-ring (bicyclic) bond motifs is 1. The zero-order chi connectivity index (χ0) is 17.2. The molecular formula is C18H10Br2N2S3. The van der Waals surface area contributed by atoms with Crippen LogP contribution in [0, 0.1) is 0 Å². The third-order valence-corrected chi connectivity index (χ3v) is 7.61. The van der Waals surface area contributed by atoms with Gasteiger partial charge in [-0.05, 0) is 84.9 Å². The normalized spacial score (nSPS) is 11.1. The van der Waals surface area contributed by atoms with Crippen molar-refractivity contribution in [2.75, 3.05) is 0 Å². The van der Waals surface area contributed by atoms with Crippen molar-refractivity contribution < 1.29 is 0 Å². The first-order valence-corrected chi connectivity index (χ1v) is 13.4. The molecular weight excluding hydrogens is 500 g/mol. The van der Waals surface area contributed by atoms with Gasteiger partial charge in [-0.1, -0.05) is 42.5 Å². The van der Waals surface area contributed by atoms with Crippen molar-refractivity contribution in [2.45, 2.75) is 9.79 Å². The van der Waals surface area contributed by atoms with Gasteiger partial charge in [-0.2, -0.15) is 8.75 Å². The average molecular weight is 510 g/mol.